The van der Waals surface area contributed by atoms with E-state index < -0.39 is 0 Å². The molecule has 0 N–H and O–H groups in total. The van der Waals surface area contributed by atoms with E-state index in [0.717, 1.165) is 22.2 Å². The smallest absolute Gasteiger partial charge is 0.145 e. The van der Waals surface area contributed by atoms with Crippen molar-refractivity contribution in [2.45, 2.75) is 0 Å². The molecule has 0 saturated carbocycles. The van der Waals surface area contributed by atoms with Crippen LogP contribution in [0.2, 0.25) is 0 Å². The minimum absolute atomic E-state index is 0.158. The topological polar surface area (TPSA) is 17.8 Å². The predicted octanol–water partition coefficient (Wildman–Crippen LogP) is -0.984. The Morgan fingerprint density at radius 2 is 0.837 bits per heavy atom. The van der Waals surface area contributed by atoms with Gasteiger partial charge in [0.15, 0.2) is 0 Å². The van der Waals surface area contributed by atoms with Crippen LogP contribution in [0, 0.1) is 0 Å². The SMILES string of the molecule is [B]c1c([B])c([B])c2c(-n3c(-c4ccccc4)nc4ccccc43)c3c([B])c([B])c([B])c([B])c3c(-c3ccccc3)c2c1[B]. The van der Waals surface area contributed by atoms with Crippen LogP contribution in [0.3, 0.4) is 0 Å². The zero-order chi connectivity index (χ0) is 30.2. The second-order valence-electron chi connectivity index (χ2n) is 10.5. The van der Waals surface area contributed by atoms with Gasteiger partial charge in [-0.1, -0.05) is 94.6 Å². The Balaban J connectivity index is 1.88. The highest BCUT2D eigenvalue weighted by atomic mass is 15.1. The molecule has 0 spiro atoms. The summed E-state index contributed by atoms with van der Waals surface area (Å²) in [6, 6.07) is 27.2. The van der Waals surface area contributed by atoms with Gasteiger partial charge < -0.3 is 0 Å². The molecule has 7 rings (SSSR count). The first kappa shape index (κ1) is 27.6. The second-order valence-corrected chi connectivity index (χ2v) is 10.5. The Labute approximate surface area is 261 Å². The molecule has 0 unspecified atom stereocenters. The first-order chi connectivity index (χ1) is 20.7. The molecule has 1 heterocycles. The number of imidazole rings is 1. The Hall–Kier alpha value is -4.17. The number of para-hydroxylation sites is 2. The van der Waals surface area contributed by atoms with Gasteiger partial charge in [-0.3, -0.25) is 4.57 Å². The molecule has 43 heavy (non-hydrogen) atoms. The molecule has 0 aliphatic carbocycles. The summed E-state index contributed by atoms with van der Waals surface area (Å²) >= 11 is 0. The van der Waals surface area contributed by atoms with E-state index in [2.05, 4.69) is 0 Å². The van der Waals surface area contributed by atoms with Crippen LogP contribution in [0.5, 0.6) is 0 Å². The Bertz CT molecular complexity index is 2180. The number of nitrogens with zero attached hydrogens (tertiary/aromatic N) is 2. The highest BCUT2D eigenvalue weighted by Crippen LogP contribution is 2.40. The molecule has 0 amide bonds. The molecule has 2 nitrogen and oxygen atoms in total. The van der Waals surface area contributed by atoms with Crippen LogP contribution in [0.1, 0.15) is 0 Å². The van der Waals surface area contributed by atoms with Gasteiger partial charge in [0.1, 0.15) is 68.6 Å². The van der Waals surface area contributed by atoms with Gasteiger partial charge in [0.25, 0.3) is 0 Å². The van der Waals surface area contributed by atoms with Crippen molar-refractivity contribution in [3.63, 3.8) is 0 Å². The zero-order valence-electron chi connectivity index (χ0n) is 23.1. The molecule has 0 fully saturated rings. The minimum atomic E-state index is 0.158. The zero-order valence-corrected chi connectivity index (χ0v) is 23.1. The molecular formula is C33H14B8N2. The molecule has 180 valence electrons. The van der Waals surface area contributed by atoms with Gasteiger partial charge >= 0.3 is 0 Å². The van der Waals surface area contributed by atoms with Crippen molar-refractivity contribution < 1.29 is 0 Å². The summed E-state index contributed by atoms with van der Waals surface area (Å²) in [5, 5.41) is 2.19. The monoisotopic (exact) mass is 526 g/mol. The van der Waals surface area contributed by atoms with Gasteiger partial charge in [-0.15, -0.1) is 21.9 Å². The number of hydrogen-bond acceptors (Lipinski definition) is 1. The molecule has 6 aromatic carbocycles. The first-order valence-corrected chi connectivity index (χ1v) is 13.6. The normalized spacial score (nSPS) is 11.5. The van der Waals surface area contributed by atoms with Gasteiger partial charge in [-0.25, -0.2) is 4.98 Å². The van der Waals surface area contributed by atoms with Crippen LogP contribution in [0.25, 0.3) is 60.8 Å². The first-order valence-electron chi connectivity index (χ1n) is 13.6. The lowest BCUT2D eigenvalue weighted by atomic mass is 9.60. The third-order valence-electron chi connectivity index (χ3n) is 8.17. The Morgan fingerprint density at radius 1 is 0.419 bits per heavy atom. The molecule has 0 atom stereocenters. The third kappa shape index (κ3) is 3.95. The van der Waals surface area contributed by atoms with Gasteiger partial charge in [0.05, 0.1) is 16.7 Å². The molecule has 0 aliphatic heterocycles. The van der Waals surface area contributed by atoms with Crippen LogP contribution in [0.15, 0.2) is 84.9 Å². The van der Waals surface area contributed by atoms with E-state index in [1.807, 2.05) is 89.5 Å². The van der Waals surface area contributed by atoms with Gasteiger partial charge in [-0.05, 0) is 44.8 Å². The van der Waals surface area contributed by atoms with Gasteiger partial charge in [0.2, 0.25) is 0 Å². The summed E-state index contributed by atoms with van der Waals surface area (Å²) in [6.45, 7) is 0. The average molecular weight is 525 g/mol. The Morgan fingerprint density at radius 3 is 1.35 bits per heavy atom. The summed E-state index contributed by atoms with van der Waals surface area (Å²) in [5.41, 5.74) is 6.05. The number of hydrogen-bond donors (Lipinski definition) is 0. The summed E-state index contributed by atoms with van der Waals surface area (Å²) in [6.07, 6.45) is 0. The van der Waals surface area contributed by atoms with E-state index in [1.165, 1.54) is 0 Å². The van der Waals surface area contributed by atoms with E-state index in [0.29, 0.717) is 38.6 Å². The molecule has 0 bridgehead atoms. The van der Waals surface area contributed by atoms with Crippen molar-refractivity contribution >= 4 is 139 Å². The standard InChI is InChI=1S/C33H14B8N2/c34-24-20-19(15-9-3-1-4-10-15)21-23(27(37)31(41)29(39)25(21)35)32(22(20)26(36)30(40)28(24)38)43-18-14-8-7-13-17(18)42-33(43)16-11-5-2-6-12-16/h1-14H. The predicted molar refractivity (Wildman–Crippen MR) is 190 cm³/mol. The second kappa shape index (κ2) is 10.2. The van der Waals surface area contributed by atoms with Gasteiger partial charge in [-0.2, -0.15) is 0 Å². The molecule has 16 radical (unpaired) electrons. The largest absolute Gasteiger partial charge is 0.291 e. The van der Waals surface area contributed by atoms with E-state index in [1.54, 1.807) is 0 Å². The quantitative estimate of drug-likeness (QED) is 0.215. The van der Waals surface area contributed by atoms with Crippen molar-refractivity contribution in [2.24, 2.45) is 0 Å². The van der Waals surface area contributed by atoms with Crippen LogP contribution in [-0.4, -0.2) is 72.3 Å². The third-order valence-corrected chi connectivity index (χ3v) is 8.17. The molecular weight excluding hydrogens is 511 g/mol. The lowest BCUT2D eigenvalue weighted by molar-refractivity contribution is 1.13. The maximum atomic E-state index is 6.90. The van der Waals surface area contributed by atoms with Gasteiger partial charge in [0, 0.05) is 5.56 Å². The summed E-state index contributed by atoms with van der Waals surface area (Å²) < 4.78 is 2.00. The molecule has 0 saturated heterocycles. The van der Waals surface area contributed by atoms with E-state index >= 15 is 0 Å². The minimum Gasteiger partial charge on any atom is -0.291 e. The maximum absolute atomic E-state index is 6.90. The summed E-state index contributed by atoms with van der Waals surface area (Å²) in [5.74, 6) is 0.638. The highest BCUT2D eigenvalue weighted by molar-refractivity contribution is 6.71. The van der Waals surface area contributed by atoms with E-state index in [9.17, 15) is 0 Å². The lowest BCUT2D eigenvalue weighted by Gasteiger charge is -2.29. The van der Waals surface area contributed by atoms with Crippen LogP contribution >= 0.6 is 0 Å². The summed E-state index contributed by atoms with van der Waals surface area (Å²) in [4.78, 5) is 5.04. The van der Waals surface area contributed by atoms with Crippen LogP contribution < -0.4 is 43.7 Å². The molecule has 1 aromatic heterocycles. The van der Waals surface area contributed by atoms with Crippen molar-refractivity contribution in [3.05, 3.63) is 84.9 Å². The van der Waals surface area contributed by atoms with E-state index in [4.69, 9.17) is 67.8 Å². The van der Waals surface area contributed by atoms with E-state index in [-0.39, 0.29) is 43.7 Å². The fraction of sp³-hybridized carbons (Fsp3) is 0. The molecule has 0 aliphatic rings. The fourth-order valence-electron chi connectivity index (χ4n) is 6.07. The Kier molecular flexibility index (Phi) is 6.58. The van der Waals surface area contributed by atoms with Crippen molar-refractivity contribution in [1.29, 1.82) is 0 Å². The summed E-state index contributed by atoms with van der Waals surface area (Å²) in [7, 11) is 53.5. The van der Waals surface area contributed by atoms with Crippen molar-refractivity contribution in [3.8, 4) is 28.2 Å². The molecule has 10 heteroatoms. The lowest BCUT2D eigenvalue weighted by Crippen LogP contribution is -2.50. The maximum Gasteiger partial charge on any atom is 0.145 e. The van der Waals surface area contributed by atoms with Crippen molar-refractivity contribution in [2.75, 3.05) is 0 Å². The number of benzene rings is 6. The average Bonchev–Trinajstić information content (AvgIpc) is 3.43. The highest BCUT2D eigenvalue weighted by Gasteiger charge is 2.27. The fourth-order valence-corrected chi connectivity index (χ4v) is 6.07. The number of fused-ring (bicyclic) bond motifs is 3. The van der Waals surface area contributed by atoms with Crippen LogP contribution in [0.4, 0.5) is 0 Å². The van der Waals surface area contributed by atoms with Crippen LogP contribution in [-0.2, 0) is 0 Å². The van der Waals surface area contributed by atoms with Crippen molar-refractivity contribution in [1.82, 2.24) is 9.55 Å². The molecule has 7 aromatic rings. The number of aromatic nitrogens is 2. The number of rotatable bonds is 3.